The van der Waals surface area contributed by atoms with Gasteiger partial charge in [-0.15, -0.1) is 0 Å². The molecule has 0 aliphatic heterocycles. The minimum absolute atomic E-state index is 0.594. The molecular formula is C13H15F3N2. The van der Waals surface area contributed by atoms with E-state index in [0.29, 0.717) is 11.4 Å². The lowest BCUT2D eigenvalue weighted by Crippen LogP contribution is -2.25. The normalized spacial score (nSPS) is 13.7. The van der Waals surface area contributed by atoms with Crippen molar-refractivity contribution in [3.8, 4) is 0 Å². The number of hydrogen-bond donors (Lipinski definition) is 0. The summed E-state index contributed by atoms with van der Waals surface area (Å²) in [4.78, 5) is 0. The molecule has 18 heavy (non-hydrogen) atoms. The van der Waals surface area contributed by atoms with Crippen LogP contribution in [0.3, 0.4) is 0 Å². The number of rotatable bonds is 3. The van der Waals surface area contributed by atoms with Crippen LogP contribution >= 0.6 is 0 Å². The third-order valence-corrected chi connectivity index (χ3v) is 2.41. The molecule has 0 N–H and O–H groups in total. The molecule has 1 aromatic rings. The van der Waals surface area contributed by atoms with E-state index in [1.54, 1.807) is 50.3 Å². The van der Waals surface area contributed by atoms with Gasteiger partial charge >= 0.3 is 6.18 Å². The van der Waals surface area contributed by atoms with Gasteiger partial charge in [-0.3, -0.25) is 0 Å². The van der Waals surface area contributed by atoms with Gasteiger partial charge in [-0.05, 0) is 32.9 Å². The van der Waals surface area contributed by atoms with Gasteiger partial charge in [0, 0.05) is 5.70 Å². The number of hydrazone groups is 1. The van der Waals surface area contributed by atoms with E-state index in [-0.39, 0.29) is 0 Å². The number of halogens is 3. The second-order valence-electron chi connectivity index (χ2n) is 3.76. The fraction of sp³-hybridized carbons (Fsp3) is 0.308. The third-order valence-electron chi connectivity index (χ3n) is 2.41. The average molecular weight is 256 g/mol. The monoisotopic (exact) mass is 256 g/mol. The zero-order valence-corrected chi connectivity index (χ0v) is 10.5. The molecule has 5 heteroatoms. The topological polar surface area (TPSA) is 15.6 Å². The lowest BCUT2D eigenvalue weighted by molar-refractivity contribution is -0.0594. The molecule has 1 rings (SSSR count). The maximum absolute atomic E-state index is 12.5. The van der Waals surface area contributed by atoms with Gasteiger partial charge in [-0.25, -0.2) is 5.01 Å². The smallest absolute Gasteiger partial charge is 0.238 e. The van der Waals surface area contributed by atoms with Gasteiger partial charge in [-0.1, -0.05) is 24.3 Å². The van der Waals surface area contributed by atoms with E-state index < -0.39 is 11.9 Å². The summed E-state index contributed by atoms with van der Waals surface area (Å²) in [5.74, 6) is 0. The van der Waals surface area contributed by atoms with Crippen LogP contribution in [0, 0.1) is 0 Å². The van der Waals surface area contributed by atoms with Crippen LogP contribution < -0.4 is 5.01 Å². The van der Waals surface area contributed by atoms with E-state index in [1.807, 2.05) is 0 Å². The maximum Gasteiger partial charge on any atom is 0.430 e. The lowest BCUT2D eigenvalue weighted by atomic mass is 10.3. The summed E-state index contributed by atoms with van der Waals surface area (Å²) in [5.41, 5.74) is 0.342. The molecule has 1 aromatic carbocycles. The number of para-hydroxylation sites is 1. The molecule has 0 atom stereocenters. The van der Waals surface area contributed by atoms with E-state index in [0.717, 1.165) is 6.92 Å². The Kier molecular flexibility index (Phi) is 4.53. The van der Waals surface area contributed by atoms with Crippen molar-refractivity contribution in [1.82, 2.24) is 0 Å². The van der Waals surface area contributed by atoms with Crippen molar-refractivity contribution in [2.45, 2.75) is 26.9 Å². The summed E-state index contributed by atoms with van der Waals surface area (Å²) >= 11 is 0. The Hall–Kier alpha value is -1.78. The Labute approximate surface area is 104 Å². The molecule has 0 bridgehead atoms. The van der Waals surface area contributed by atoms with Crippen LogP contribution in [0.2, 0.25) is 0 Å². The molecule has 0 amide bonds. The molecule has 0 heterocycles. The molecule has 0 fully saturated rings. The van der Waals surface area contributed by atoms with Crippen LogP contribution in [0.25, 0.3) is 0 Å². The summed E-state index contributed by atoms with van der Waals surface area (Å²) in [6.45, 7) is 4.42. The number of anilines is 1. The quantitative estimate of drug-likeness (QED) is 0.579. The minimum Gasteiger partial charge on any atom is -0.238 e. The summed E-state index contributed by atoms with van der Waals surface area (Å²) in [5, 5.41) is 4.93. The Bertz CT molecular complexity index is 447. The van der Waals surface area contributed by atoms with Gasteiger partial charge in [0.1, 0.15) is 5.71 Å². The molecule has 0 aromatic heterocycles. The number of allylic oxidation sites excluding steroid dienone is 2. The second-order valence-corrected chi connectivity index (χ2v) is 3.76. The van der Waals surface area contributed by atoms with Crippen molar-refractivity contribution < 1.29 is 13.2 Å². The van der Waals surface area contributed by atoms with Crippen LogP contribution in [0.15, 0.2) is 47.2 Å². The zero-order valence-electron chi connectivity index (χ0n) is 10.5. The van der Waals surface area contributed by atoms with Gasteiger partial charge < -0.3 is 0 Å². The molecule has 0 spiro atoms. The average Bonchev–Trinajstić information content (AvgIpc) is 2.34. The fourth-order valence-electron chi connectivity index (χ4n) is 1.24. The Morgan fingerprint density at radius 1 is 1.17 bits per heavy atom. The molecular weight excluding hydrogens is 241 g/mol. The molecule has 0 saturated heterocycles. The van der Waals surface area contributed by atoms with Crippen molar-refractivity contribution >= 4 is 11.4 Å². The van der Waals surface area contributed by atoms with E-state index in [4.69, 9.17) is 0 Å². The van der Waals surface area contributed by atoms with Crippen molar-refractivity contribution in [2.24, 2.45) is 5.10 Å². The molecule has 0 unspecified atom stereocenters. The van der Waals surface area contributed by atoms with Gasteiger partial charge in [0.15, 0.2) is 0 Å². The van der Waals surface area contributed by atoms with Crippen molar-refractivity contribution in [3.63, 3.8) is 0 Å². The fourth-order valence-corrected chi connectivity index (χ4v) is 1.24. The van der Waals surface area contributed by atoms with Gasteiger partial charge in [-0.2, -0.15) is 18.3 Å². The van der Waals surface area contributed by atoms with E-state index in [1.165, 1.54) is 5.01 Å². The maximum atomic E-state index is 12.5. The minimum atomic E-state index is -4.42. The third kappa shape index (κ3) is 3.61. The summed E-state index contributed by atoms with van der Waals surface area (Å²) in [6.07, 6.45) is -2.71. The second kappa shape index (κ2) is 5.71. The van der Waals surface area contributed by atoms with Crippen molar-refractivity contribution in [1.29, 1.82) is 0 Å². The van der Waals surface area contributed by atoms with Gasteiger partial charge in [0.25, 0.3) is 0 Å². The number of benzene rings is 1. The number of hydrogen-bond acceptors (Lipinski definition) is 2. The molecule has 2 nitrogen and oxygen atoms in total. The zero-order chi connectivity index (χ0) is 13.8. The molecule has 0 radical (unpaired) electrons. The molecule has 0 aliphatic rings. The lowest BCUT2D eigenvalue weighted by Gasteiger charge is -2.21. The van der Waals surface area contributed by atoms with Crippen LogP contribution in [0.4, 0.5) is 18.9 Å². The Morgan fingerprint density at radius 3 is 2.17 bits per heavy atom. The number of alkyl halides is 3. The van der Waals surface area contributed by atoms with E-state index >= 15 is 0 Å². The van der Waals surface area contributed by atoms with Crippen LogP contribution in [0.5, 0.6) is 0 Å². The first-order chi connectivity index (χ1) is 8.36. The first-order valence-electron chi connectivity index (χ1n) is 5.46. The first kappa shape index (κ1) is 14.3. The highest BCUT2D eigenvalue weighted by atomic mass is 19.4. The predicted molar refractivity (Wildman–Crippen MR) is 67.5 cm³/mol. The first-order valence-corrected chi connectivity index (χ1v) is 5.46. The Morgan fingerprint density at radius 2 is 1.72 bits per heavy atom. The van der Waals surface area contributed by atoms with E-state index in [2.05, 4.69) is 5.10 Å². The molecule has 0 aliphatic carbocycles. The largest absolute Gasteiger partial charge is 0.430 e. The standard InChI is InChI=1S/C13H15F3N2/c1-4-10(2)18(12-8-6-5-7-9-12)17-11(3)13(14,15)16/h4-9H,1-3H3/b10-4-,17-11+. The van der Waals surface area contributed by atoms with Crippen LogP contribution in [-0.2, 0) is 0 Å². The van der Waals surface area contributed by atoms with E-state index in [9.17, 15) is 13.2 Å². The molecule has 98 valence electrons. The Balaban J connectivity index is 3.17. The van der Waals surface area contributed by atoms with Crippen LogP contribution in [0.1, 0.15) is 20.8 Å². The van der Waals surface area contributed by atoms with Gasteiger partial charge in [0.2, 0.25) is 0 Å². The summed E-state index contributed by atoms with van der Waals surface area (Å²) < 4.78 is 37.5. The highest BCUT2D eigenvalue weighted by Gasteiger charge is 2.33. The summed E-state index contributed by atoms with van der Waals surface area (Å²) in [7, 11) is 0. The highest BCUT2D eigenvalue weighted by Crippen LogP contribution is 2.23. The highest BCUT2D eigenvalue weighted by molar-refractivity contribution is 5.88. The van der Waals surface area contributed by atoms with Crippen molar-refractivity contribution in [3.05, 3.63) is 42.1 Å². The SMILES string of the molecule is C/C=C(/C)N(/N=C(\C)C(F)(F)F)c1ccccc1. The molecule has 0 saturated carbocycles. The van der Waals surface area contributed by atoms with Crippen molar-refractivity contribution in [2.75, 3.05) is 5.01 Å². The predicted octanol–water partition coefficient (Wildman–Crippen LogP) is 4.35. The van der Waals surface area contributed by atoms with Gasteiger partial charge in [0.05, 0.1) is 5.69 Å². The number of nitrogens with zero attached hydrogens (tertiary/aromatic N) is 2. The van der Waals surface area contributed by atoms with Crippen LogP contribution in [-0.4, -0.2) is 11.9 Å². The summed E-state index contributed by atoms with van der Waals surface area (Å²) in [6, 6.07) is 8.72.